The van der Waals surface area contributed by atoms with E-state index in [1.54, 1.807) is 23.6 Å². The summed E-state index contributed by atoms with van der Waals surface area (Å²) in [6.45, 7) is 0.634. The molecule has 0 aliphatic carbocycles. The predicted octanol–water partition coefficient (Wildman–Crippen LogP) is 1.05. The first-order chi connectivity index (χ1) is 9.61. The van der Waals surface area contributed by atoms with Crippen LogP contribution in [0.15, 0.2) is 23.4 Å². The molecule has 0 radical (unpaired) electrons. The number of rotatable bonds is 6. The SMILES string of the molecule is CNc1ccncc1S(=O)(=O)N1CCCC1CCCO. The van der Waals surface area contributed by atoms with Gasteiger partial charge in [-0.3, -0.25) is 4.98 Å². The standard InChI is InChI=1S/C13H21N3O3S/c1-14-12-6-7-15-10-13(12)20(18,19)16-8-2-4-11(16)5-3-9-17/h6-7,10-11,17H,2-5,8-9H2,1H3,(H,14,15). The molecular weight excluding hydrogens is 278 g/mol. The fourth-order valence-electron chi connectivity index (χ4n) is 2.66. The lowest BCUT2D eigenvalue weighted by Crippen LogP contribution is -2.36. The molecule has 0 amide bonds. The molecule has 2 rings (SSSR count). The molecule has 1 saturated heterocycles. The van der Waals surface area contributed by atoms with Crippen LogP contribution in [-0.2, 0) is 10.0 Å². The van der Waals surface area contributed by atoms with Crippen molar-refractivity contribution in [1.82, 2.24) is 9.29 Å². The zero-order valence-electron chi connectivity index (χ0n) is 11.6. The highest BCUT2D eigenvalue weighted by molar-refractivity contribution is 7.89. The third-order valence-corrected chi connectivity index (χ3v) is 5.64. The Hall–Kier alpha value is -1.18. The van der Waals surface area contributed by atoms with Crippen molar-refractivity contribution in [2.75, 3.05) is 25.5 Å². The van der Waals surface area contributed by atoms with Gasteiger partial charge in [0.05, 0.1) is 5.69 Å². The first kappa shape index (κ1) is 15.2. The Morgan fingerprint density at radius 1 is 1.55 bits per heavy atom. The number of aliphatic hydroxyl groups excluding tert-OH is 1. The summed E-state index contributed by atoms with van der Waals surface area (Å²) in [4.78, 5) is 4.15. The van der Waals surface area contributed by atoms with Crippen LogP contribution in [0.1, 0.15) is 25.7 Å². The number of aromatic nitrogens is 1. The number of nitrogens with zero attached hydrogens (tertiary/aromatic N) is 2. The molecule has 2 N–H and O–H groups in total. The summed E-state index contributed by atoms with van der Waals surface area (Å²) >= 11 is 0. The van der Waals surface area contributed by atoms with E-state index in [0.29, 0.717) is 25.1 Å². The maximum absolute atomic E-state index is 12.8. The predicted molar refractivity (Wildman–Crippen MR) is 77.0 cm³/mol. The van der Waals surface area contributed by atoms with Gasteiger partial charge < -0.3 is 10.4 Å². The summed E-state index contributed by atoms with van der Waals surface area (Å²) in [5.41, 5.74) is 0.563. The molecular formula is C13H21N3O3S. The Bertz CT molecular complexity index is 548. The van der Waals surface area contributed by atoms with E-state index < -0.39 is 10.0 Å². The Morgan fingerprint density at radius 2 is 2.35 bits per heavy atom. The third kappa shape index (κ3) is 2.94. The van der Waals surface area contributed by atoms with Crippen molar-refractivity contribution in [2.24, 2.45) is 0 Å². The topological polar surface area (TPSA) is 82.5 Å². The number of anilines is 1. The van der Waals surface area contributed by atoms with Crippen LogP contribution < -0.4 is 5.32 Å². The van der Waals surface area contributed by atoms with Crippen LogP contribution in [0.5, 0.6) is 0 Å². The van der Waals surface area contributed by atoms with E-state index in [1.165, 1.54) is 6.20 Å². The molecule has 0 aromatic carbocycles. The van der Waals surface area contributed by atoms with E-state index in [9.17, 15) is 8.42 Å². The average Bonchev–Trinajstić information content (AvgIpc) is 2.94. The van der Waals surface area contributed by atoms with Crippen LogP contribution in [0.3, 0.4) is 0 Å². The van der Waals surface area contributed by atoms with Crippen molar-refractivity contribution < 1.29 is 13.5 Å². The number of pyridine rings is 1. The van der Waals surface area contributed by atoms with Crippen molar-refractivity contribution in [3.63, 3.8) is 0 Å². The maximum Gasteiger partial charge on any atom is 0.246 e. The van der Waals surface area contributed by atoms with Crippen LogP contribution in [0.25, 0.3) is 0 Å². The molecule has 7 heteroatoms. The van der Waals surface area contributed by atoms with Gasteiger partial charge >= 0.3 is 0 Å². The van der Waals surface area contributed by atoms with Gasteiger partial charge in [0, 0.05) is 38.6 Å². The van der Waals surface area contributed by atoms with E-state index in [4.69, 9.17) is 5.11 Å². The van der Waals surface area contributed by atoms with Gasteiger partial charge in [-0.2, -0.15) is 4.31 Å². The highest BCUT2D eigenvalue weighted by atomic mass is 32.2. The lowest BCUT2D eigenvalue weighted by molar-refractivity contribution is 0.264. The second kappa shape index (κ2) is 6.51. The van der Waals surface area contributed by atoms with Gasteiger partial charge in [-0.25, -0.2) is 8.42 Å². The fraction of sp³-hybridized carbons (Fsp3) is 0.615. The van der Waals surface area contributed by atoms with Gasteiger partial charge in [0.15, 0.2) is 0 Å². The highest BCUT2D eigenvalue weighted by Gasteiger charge is 2.36. The minimum Gasteiger partial charge on any atom is -0.396 e. The lowest BCUT2D eigenvalue weighted by atomic mass is 10.1. The average molecular weight is 299 g/mol. The van der Waals surface area contributed by atoms with Gasteiger partial charge in [0.25, 0.3) is 0 Å². The molecule has 1 atom stereocenters. The van der Waals surface area contributed by atoms with Gasteiger partial charge in [0.2, 0.25) is 10.0 Å². The quantitative estimate of drug-likeness (QED) is 0.820. The van der Waals surface area contributed by atoms with E-state index in [1.807, 2.05) is 0 Å². The van der Waals surface area contributed by atoms with Crippen LogP contribution >= 0.6 is 0 Å². The summed E-state index contributed by atoms with van der Waals surface area (Å²) in [5, 5.41) is 11.8. The zero-order chi connectivity index (χ0) is 14.6. The van der Waals surface area contributed by atoms with E-state index in [-0.39, 0.29) is 17.5 Å². The Morgan fingerprint density at radius 3 is 3.05 bits per heavy atom. The number of sulfonamides is 1. The van der Waals surface area contributed by atoms with Gasteiger partial charge in [-0.05, 0) is 31.7 Å². The van der Waals surface area contributed by atoms with Crippen molar-refractivity contribution in [3.8, 4) is 0 Å². The second-order valence-electron chi connectivity index (χ2n) is 4.90. The minimum atomic E-state index is -3.53. The maximum atomic E-state index is 12.8. The van der Waals surface area contributed by atoms with Crippen molar-refractivity contribution >= 4 is 15.7 Å². The lowest BCUT2D eigenvalue weighted by Gasteiger charge is -2.24. The Kier molecular flexibility index (Phi) is 4.95. The second-order valence-corrected chi connectivity index (χ2v) is 6.76. The van der Waals surface area contributed by atoms with Gasteiger partial charge in [0.1, 0.15) is 4.90 Å². The Labute approximate surface area is 119 Å². The van der Waals surface area contributed by atoms with Gasteiger partial charge in [-0.15, -0.1) is 0 Å². The van der Waals surface area contributed by atoms with Crippen LogP contribution in [-0.4, -0.2) is 49.1 Å². The zero-order valence-corrected chi connectivity index (χ0v) is 12.4. The highest BCUT2D eigenvalue weighted by Crippen LogP contribution is 2.31. The Balaban J connectivity index is 2.29. The molecule has 0 saturated carbocycles. The monoisotopic (exact) mass is 299 g/mol. The molecule has 1 aromatic heterocycles. The first-order valence-corrected chi connectivity index (χ1v) is 8.29. The van der Waals surface area contributed by atoms with Crippen LogP contribution in [0.4, 0.5) is 5.69 Å². The smallest absolute Gasteiger partial charge is 0.246 e. The van der Waals surface area contributed by atoms with Gasteiger partial charge in [-0.1, -0.05) is 0 Å². The number of aliphatic hydroxyl groups is 1. The molecule has 1 aliphatic heterocycles. The minimum absolute atomic E-state index is 0.0166. The van der Waals surface area contributed by atoms with Crippen LogP contribution in [0.2, 0.25) is 0 Å². The van der Waals surface area contributed by atoms with E-state index >= 15 is 0 Å². The van der Waals surface area contributed by atoms with Crippen molar-refractivity contribution in [1.29, 1.82) is 0 Å². The molecule has 1 unspecified atom stereocenters. The summed E-state index contributed by atoms with van der Waals surface area (Å²) in [5.74, 6) is 0. The molecule has 1 aromatic rings. The van der Waals surface area contributed by atoms with E-state index in [0.717, 1.165) is 12.8 Å². The number of hydrogen-bond acceptors (Lipinski definition) is 5. The fourth-order valence-corrected chi connectivity index (χ4v) is 4.53. The molecule has 6 nitrogen and oxygen atoms in total. The summed E-state index contributed by atoms with van der Waals surface area (Å²) in [7, 11) is -1.84. The molecule has 20 heavy (non-hydrogen) atoms. The molecule has 0 bridgehead atoms. The van der Waals surface area contributed by atoms with Crippen molar-refractivity contribution in [2.45, 2.75) is 36.6 Å². The molecule has 1 aliphatic rings. The third-order valence-electron chi connectivity index (χ3n) is 3.66. The number of hydrogen-bond donors (Lipinski definition) is 2. The largest absolute Gasteiger partial charge is 0.396 e. The number of nitrogens with one attached hydrogen (secondary N) is 1. The van der Waals surface area contributed by atoms with E-state index in [2.05, 4.69) is 10.3 Å². The first-order valence-electron chi connectivity index (χ1n) is 6.85. The molecule has 112 valence electrons. The van der Waals surface area contributed by atoms with Crippen molar-refractivity contribution in [3.05, 3.63) is 18.5 Å². The molecule has 0 spiro atoms. The molecule has 2 heterocycles. The normalized spacial score (nSPS) is 20.2. The van der Waals surface area contributed by atoms with Crippen LogP contribution in [0, 0.1) is 0 Å². The molecule has 1 fully saturated rings. The summed E-state index contributed by atoms with van der Waals surface area (Å²) < 4.78 is 27.1. The summed E-state index contributed by atoms with van der Waals surface area (Å²) in [6.07, 6.45) is 6.01. The summed E-state index contributed by atoms with van der Waals surface area (Å²) in [6, 6.07) is 1.64.